The number of esters is 1. The van der Waals surface area contributed by atoms with Gasteiger partial charge in [0.2, 0.25) is 0 Å². The van der Waals surface area contributed by atoms with Gasteiger partial charge in [-0.3, -0.25) is 0 Å². The monoisotopic (exact) mass is 236 g/mol. The largest absolute Gasteiger partial charge is 0.508 e. The summed E-state index contributed by atoms with van der Waals surface area (Å²) in [6.45, 7) is 2.80. The maximum absolute atomic E-state index is 11.0. The van der Waals surface area contributed by atoms with Crippen molar-refractivity contribution in [2.75, 3.05) is 14.2 Å². The predicted octanol–water partition coefficient (Wildman–Crippen LogP) is 0.0544. The summed E-state index contributed by atoms with van der Waals surface area (Å²) in [5.41, 5.74) is 0. The van der Waals surface area contributed by atoms with Gasteiger partial charge in [0.15, 0.2) is 18.5 Å². The maximum atomic E-state index is 11.0. The van der Waals surface area contributed by atoms with Crippen LogP contribution in [0.1, 0.15) is 13.8 Å². The number of aliphatic hydroxyl groups excluding tert-OH is 1. The molecule has 94 valence electrons. The first kappa shape index (κ1) is 14.7. The lowest BCUT2D eigenvalue weighted by Gasteiger charge is -2.21. The molecule has 3 unspecified atom stereocenters. The third-order valence-electron chi connectivity index (χ3n) is 1.73. The second-order valence-electron chi connectivity index (χ2n) is 2.97. The summed E-state index contributed by atoms with van der Waals surface area (Å²) in [6, 6.07) is 0. The first-order valence-corrected chi connectivity index (χ1v) is 4.58. The SMILES string of the molecule is COC(=O)OC(C)C(O)OC(C)C(=O)OC. The van der Waals surface area contributed by atoms with Crippen LogP contribution < -0.4 is 0 Å². The van der Waals surface area contributed by atoms with Crippen molar-refractivity contribution < 1.29 is 33.6 Å². The molecule has 0 rings (SSSR count). The van der Waals surface area contributed by atoms with Crippen LogP contribution in [-0.4, -0.2) is 49.9 Å². The number of carbonyl (C=O) groups excluding carboxylic acids is 2. The summed E-state index contributed by atoms with van der Waals surface area (Å²) in [5.74, 6) is -0.635. The fourth-order valence-electron chi connectivity index (χ4n) is 0.799. The summed E-state index contributed by atoms with van der Waals surface area (Å²) < 4.78 is 18.1. The molecule has 0 saturated carbocycles. The molecule has 0 aromatic heterocycles. The molecule has 0 fully saturated rings. The molecule has 0 aromatic carbocycles. The van der Waals surface area contributed by atoms with Crippen LogP contribution in [0.3, 0.4) is 0 Å². The Morgan fingerprint density at radius 3 is 2.12 bits per heavy atom. The van der Waals surface area contributed by atoms with Crippen molar-refractivity contribution in [1.82, 2.24) is 0 Å². The Kier molecular flexibility index (Phi) is 6.43. The van der Waals surface area contributed by atoms with Gasteiger partial charge in [-0.15, -0.1) is 0 Å². The molecular formula is C9H16O7. The molecule has 0 aliphatic carbocycles. The molecule has 7 nitrogen and oxygen atoms in total. The predicted molar refractivity (Wildman–Crippen MR) is 51.5 cm³/mol. The van der Waals surface area contributed by atoms with Gasteiger partial charge in [-0.1, -0.05) is 0 Å². The first-order chi connectivity index (χ1) is 7.42. The smallest absolute Gasteiger partial charge is 0.467 e. The van der Waals surface area contributed by atoms with Gasteiger partial charge < -0.3 is 24.1 Å². The van der Waals surface area contributed by atoms with E-state index in [0.717, 1.165) is 7.11 Å². The summed E-state index contributed by atoms with van der Waals surface area (Å²) in [7, 11) is 2.34. The fraction of sp³-hybridized carbons (Fsp3) is 0.778. The highest BCUT2D eigenvalue weighted by Gasteiger charge is 2.25. The van der Waals surface area contributed by atoms with Crippen molar-refractivity contribution in [3.05, 3.63) is 0 Å². The topological polar surface area (TPSA) is 91.3 Å². The maximum Gasteiger partial charge on any atom is 0.508 e. The van der Waals surface area contributed by atoms with Gasteiger partial charge >= 0.3 is 12.1 Å². The van der Waals surface area contributed by atoms with Crippen molar-refractivity contribution in [2.45, 2.75) is 32.3 Å². The lowest BCUT2D eigenvalue weighted by molar-refractivity contribution is -0.198. The minimum atomic E-state index is -1.44. The van der Waals surface area contributed by atoms with Crippen LogP contribution in [0, 0.1) is 0 Å². The van der Waals surface area contributed by atoms with Crippen molar-refractivity contribution in [3.63, 3.8) is 0 Å². The number of carbonyl (C=O) groups is 2. The average Bonchev–Trinajstić information content (AvgIpc) is 2.27. The number of hydrogen-bond acceptors (Lipinski definition) is 7. The Morgan fingerprint density at radius 2 is 1.69 bits per heavy atom. The van der Waals surface area contributed by atoms with Gasteiger partial charge in [0.25, 0.3) is 0 Å². The zero-order valence-corrected chi connectivity index (χ0v) is 9.63. The average molecular weight is 236 g/mol. The van der Waals surface area contributed by atoms with Gasteiger partial charge in [-0.25, -0.2) is 9.59 Å². The highest BCUT2D eigenvalue weighted by Crippen LogP contribution is 2.06. The summed E-state index contributed by atoms with van der Waals surface area (Å²) in [6.07, 6.45) is -4.29. The van der Waals surface area contributed by atoms with Crippen LogP contribution in [-0.2, 0) is 23.7 Å². The van der Waals surface area contributed by atoms with Crippen LogP contribution in [0.25, 0.3) is 0 Å². The summed E-state index contributed by atoms with van der Waals surface area (Å²) >= 11 is 0. The molecule has 0 bridgehead atoms. The number of hydrogen-bond donors (Lipinski definition) is 1. The van der Waals surface area contributed by atoms with E-state index in [0.29, 0.717) is 0 Å². The Balaban J connectivity index is 4.09. The lowest BCUT2D eigenvalue weighted by atomic mass is 10.3. The van der Waals surface area contributed by atoms with E-state index in [1.165, 1.54) is 21.0 Å². The van der Waals surface area contributed by atoms with Crippen molar-refractivity contribution in [3.8, 4) is 0 Å². The van der Waals surface area contributed by atoms with Crippen LogP contribution >= 0.6 is 0 Å². The minimum Gasteiger partial charge on any atom is -0.467 e. The normalized spacial score (nSPS) is 15.8. The molecule has 0 heterocycles. The molecule has 0 aliphatic rings. The number of methoxy groups -OCH3 is 2. The Hall–Kier alpha value is -1.34. The highest BCUT2D eigenvalue weighted by atomic mass is 16.7. The summed E-state index contributed by atoms with van der Waals surface area (Å²) in [5, 5.41) is 9.41. The van der Waals surface area contributed by atoms with E-state index in [9.17, 15) is 14.7 Å². The molecule has 1 N–H and O–H groups in total. The van der Waals surface area contributed by atoms with E-state index < -0.39 is 30.6 Å². The molecule has 0 spiro atoms. The van der Waals surface area contributed by atoms with E-state index in [4.69, 9.17) is 4.74 Å². The van der Waals surface area contributed by atoms with E-state index in [1.54, 1.807) is 0 Å². The quantitative estimate of drug-likeness (QED) is 0.532. The lowest BCUT2D eigenvalue weighted by Crippen LogP contribution is -2.36. The second kappa shape index (κ2) is 7.02. The fourth-order valence-corrected chi connectivity index (χ4v) is 0.799. The Bertz CT molecular complexity index is 240. The molecule has 0 amide bonds. The Labute approximate surface area is 93.2 Å². The van der Waals surface area contributed by atoms with Gasteiger partial charge in [0.05, 0.1) is 14.2 Å². The van der Waals surface area contributed by atoms with Crippen molar-refractivity contribution in [2.24, 2.45) is 0 Å². The Morgan fingerprint density at radius 1 is 1.12 bits per heavy atom. The van der Waals surface area contributed by atoms with Crippen LogP contribution in [0.4, 0.5) is 4.79 Å². The molecule has 7 heteroatoms. The third-order valence-corrected chi connectivity index (χ3v) is 1.73. The molecule has 16 heavy (non-hydrogen) atoms. The standard InChI is InChI=1S/C9H16O7/c1-5(7(10)13-3)15-8(11)6(2)16-9(12)14-4/h5-6,8,11H,1-4H3. The molecular weight excluding hydrogens is 220 g/mol. The number of ether oxygens (including phenoxy) is 4. The molecule has 0 radical (unpaired) electrons. The molecule has 0 saturated heterocycles. The van der Waals surface area contributed by atoms with Gasteiger partial charge in [-0.05, 0) is 13.8 Å². The zero-order valence-electron chi connectivity index (χ0n) is 9.63. The van der Waals surface area contributed by atoms with Crippen LogP contribution in [0.5, 0.6) is 0 Å². The van der Waals surface area contributed by atoms with E-state index in [1.807, 2.05) is 0 Å². The number of rotatable bonds is 5. The highest BCUT2D eigenvalue weighted by molar-refractivity contribution is 5.73. The summed E-state index contributed by atoms with van der Waals surface area (Å²) in [4.78, 5) is 21.7. The van der Waals surface area contributed by atoms with Gasteiger partial charge in [0, 0.05) is 0 Å². The van der Waals surface area contributed by atoms with E-state index in [2.05, 4.69) is 14.2 Å². The zero-order chi connectivity index (χ0) is 12.7. The van der Waals surface area contributed by atoms with E-state index in [-0.39, 0.29) is 0 Å². The molecule has 3 atom stereocenters. The molecule has 0 aliphatic heterocycles. The van der Waals surface area contributed by atoms with Gasteiger partial charge in [-0.2, -0.15) is 0 Å². The molecule has 0 aromatic rings. The van der Waals surface area contributed by atoms with Crippen LogP contribution in [0.15, 0.2) is 0 Å². The second-order valence-corrected chi connectivity index (χ2v) is 2.97. The number of aliphatic hydroxyl groups is 1. The van der Waals surface area contributed by atoms with Crippen LogP contribution in [0.2, 0.25) is 0 Å². The van der Waals surface area contributed by atoms with E-state index >= 15 is 0 Å². The van der Waals surface area contributed by atoms with Crippen molar-refractivity contribution in [1.29, 1.82) is 0 Å². The minimum absolute atomic E-state index is 0.635. The first-order valence-electron chi connectivity index (χ1n) is 4.58. The third kappa shape index (κ3) is 4.94. The van der Waals surface area contributed by atoms with Crippen molar-refractivity contribution >= 4 is 12.1 Å². The van der Waals surface area contributed by atoms with Gasteiger partial charge in [0.1, 0.15) is 0 Å².